The number of aromatic nitrogens is 2. The molecule has 5 rings (SSSR count). The van der Waals surface area contributed by atoms with Crippen molar-refractivity contribution in [2.45, 2.75) is 37.6 Å². The maximum absolute atomic E-state index is 13.0. The van der Waals surface area contributed by atoms with Crippen LogP contribution in [0.25, 0.3) is 11.1 Å². The molecule has 3 aromatic rings. The van der Waals surface area contributed by atoms with E-state index in [2.05, 4.69) is 15.3 Å². The van der Waals surface area contributed by atoms with Gasteiger partial charge in [0.25, 0.3) is 5.91 Å². The second-order valence-corrected chi connectivity index (χ2v) is 7.29. The molecule has 1 saturated carbocycles. The van der Waals surface area contributed by atoms with Gasteiger partial charge in [-0.15, -0.1) is 0 Å². The van der Waals surface area contributed by atoms with Gasteiger partial charge in [-0.3, -0.25) is 14.6 Å². The van der Waals surface area contributed by atoms with Gasteiger partial charge in [-0.25, -0.2) is 4.98 Å². The first-order valence-electron chi connectivity index (χ1n) is 9.65. The Morgan fingerprint density at radius 1 is 1.21 bits per heavy atom. The van der Waals surface area contributed by atoms with Crippen LogP contribution in [0, 0.1) is 0 Å². The summed E-state index contributed by atoms with van der Waals surface area (Å²) >= 11 is 0. The number of hydrogen-bond donors (Lipinski definition) is 1. The van der Waals surface area contributed by atoms with Gasteiger partial charge >= 0.3 is 0 Å². The van der Waals surface area contributed by atoms with E-state index >= 15 is 0 Å². The van der Waals surface area contributed by atoms with E-state index in [1.165, 1.54) is 0 Å². The van der Waals surface area contributed by atoms with E-state index in [0.717, 1.165) is 23.9 Å². The molecule has 0 unspecified atom stereocenters. The molecule has 2 aromatic heterocycles. The van der Waals surface area contributed by atoms with Crippen LogP contribution in [0.15, 0.2) is 53.2 Å². The van der Waals surface area contributed by atoms with Crippen molar-refractivity contribution in [1.82, 2.24) is 20.2 Å². The van der Waals surface area contributed by atoms with Gasteiger partial charge in [-0.1, -0.05) is 18.2 Å². The average molecular weight is 392 g/mol. The zero-order valence-corrected chi connectivity index (χ0v) is 15.7. The van der Waals surface area contributed by atoms with Crippen LogP contribution in [0.3, 0.4) is 0 Å². The summed E-state index contributed by atoms with van der Waals surface area (Å²) in [4.78, 5) is 35.9. The van der Waals surface area contributed by atoms with Crippen molar-refractivity contribution in [2.24, 2.45) is 0 Å². The molecule has 2 atom stereocenters. The molecule has 1 saturated heterocycles. The van der Waals surface area contributed by atoms with Gasteiger partial charge in [-0.05, 0) is 36.6 Å². The fourth-order valence-corrected chi connectivity index (χ4v) is 3.78. The second-order valence-electron chi connectivity index (χ2n) is 7.29. The number of pyridine rings is 1. The van der Waals surface area contributed by atoms with Crippen molar-refractivity contribution in [3.8, 4) is 0 Å². The Kier molecular flexibility index (Phi) is 4.48. The maximum atomic E-state index is 13.0. The number of amides is 2. The zero-order chi connectivity index (χ0) is 19.8. The molecule has 8 heteroatoms. The summed E-state index contributed by atoms with van der Waals surface area (Å²) < 4.78 is 11.4. The van der Waals surface area contributed by atoms with Crippen LogP contribution in [0.2, 0.25) is 0 Å². The zero-order valence-electron chi connectivity index (χ0n) is 15.7. The first-order chi connectivity index (χ1) is 14.2. The molecule has 1 aliphatic carbocycles. The minimum Gasteiger partial charge on any atom is -0.439 e. The third-order valence-electron chi connectivity index (χ3n) is 5.24. The molecule has 29 heavy (non-hydrogen) atoms. The van der Waals surface area contributed by atoms with E-state index in [1.54, 1.807) is 23.4 Å². The standard InChI is InChI=1S/C21H20N4O4/c26-18-12-28-20(19(25(18)14-7-8-14)13-4-3-9-22-10-13)21(27)23-11-17-24-15-5-1-2-6-16(15)29-17/h1-6,9-10,14,19-20H,7-8,11-12H2,(H,23,27)/t19-,20+/m1/s1. The summed E-state index contributed by atoms with van der Waals surface area (Å²) in [6.07, 6.45) is 4.42. The topological polar surface area (TPSA) is 97.6 Å². The number of nitrogens with zero attached hydrogens (tertiary/aromatic N) is 3. The Balaban J connectivity index is 1.37. The van der Waals surface area contributed by atoms with Crippen molar-refractivity contribution >= 4 is 22.9 Å². The highest BCUT2D eigenvalue weighted by atomic mass is 16.5. The normalized spacial score (nSPS) is 22.1. The molecule has 1 N–H and O–H groups in total. The van der Waals surface area contributed by atoms with Gasteiger partial charge in [-0.2, -0.15) is 0 Å². The van der Waals surface area contributed by atoms with E-state index in [-0.39, 0.29) is 31.0 Å². The molecule has 148 valence electrons. The molecule has 2 fully saturated rings. The van der Waals surface area contributed by atoms with Crippen molar-refractivity contribution in [2.75, 3.05) is 6.61 Å². The number of carbonyl (C=O) groups excluding carboxylic acids is 2. The monoisotopic (exact) mass is 392 g/mol. The van der Waals surface area contributed by atoms with Crippen molar-refractivity contribution in [3.63, 3.8) is 0 Å². The minimum absolute atomic E-state index is 0.0932. The number of nitrogens with one attached hydrogen (secondary N) is 1. The molecule has 0 bridgehead atoms. The van der Waals surface area contributed by atoms with Crippen molar-refractivity contribution < 1.29 is 18.7 Å². The van der Waals surface area contributed by atoms with E-state index in [9.17, 15) is 9.59 Å². The lowest BCUT2D eigenvalue weighted by molar-refractivity contribution is -0.165. The fourth-order valence-electron chi connectivity index (χ4n) is 3.78. The molecular weight excluding hydrogens is 372 g/mol. The summed E-state index contributed by atoms with van der Waals surface area (Å²) in [6.45, 7) is 0.0404. The highest BCUT2D eigenvalue weighted by molar-refractivity contribution is 5.86. The van der Waals surface area contributed by atoms with E-state index in [1.807, 2.05) is 30.3 Å². The molecule has 8 nitrogen and oxygen atoms in total. The number of morpholine rings is 1. The quantitative estimate of drug-likeness (QED) is 0.713. The lowest BCUT2D eigenvalue weighted by atomic mass is 9.98. The lowest BCUT2D eigenvalue weighted by Crippen LogP contribution is -2.55. The number of benzene rings is 1. The van der Waals surface area contributed by atoms with Gasteiger partial charge in [0.05, 0.1) is 12.6 Å². The maximum Gasteiger partial charge on any atom is 0.252 e. The SMILES string of the molecule is O=C(NCc1nc2ccccc2o1)[C@H]1OCC(=O)N(C2CC2)[C@@H]1c1cccnc1. The van der Waals surface area contributed by atoms with Gasteiger partial charge < -0.3 is 19.4 Å². The number of para-hydroxylation sites is 2. The summed E-state index contributed by atoms with van der Waals surface area (Å²) in [5, 5.41) is 2.85. The van der Waals surface area contributed by atoms with E-state index in [4.69, 9.17) is 9.15 Å². The van der Waals surface area contributed by atoms with E-state index in [0.29, 0.717) is 11.5 Å². The number of carbonyl (C=O) groups is 2. The first kappa shape index (κ1) is 17.8. The van der Waals surface area contributed by atoms with Crippen LogP contribution in [-0.4, -0.2) is 45.4 Å². The van der Waals surface area contributed by atoms with Crippen LogP contribution < -0.4 is 5.32 Å². The Bertz CT molecular complexity index is 1010. The van der Waals surface area contributed by atoms with Crippen LogP contribution in [-0.2, 0) is 20.9 Å². The van der Waals surface area contributed by atoms with Crippen LogP contribution >= 0.6 is 0 Å². The van der Waals surface area contributed by atoms with Crippen LogP contribution in [0.4, 0.5) is 0 Å². The van der Waals surface area contributed by atoms with Gasteiger partial charge in [0.1, 0.15) is 12.1 Å². The highest BCUT2D eigenvalue weighted by Gasteiger charge is 2.47. The molecule has 0 spiro atoms. The van der Waals surface area contributed by atoms with Crippen LogP contribution in [0.1, 0.15) is 30.3 Å². The van der Waals surface area contributed by atoms with Gasteiger partial charge in [0, 0.05) is 18.4 Å². The molecule has 3 heterocycles. The molecular formula is C21H20N4O4. The average Bonchev–Trinajstić information content (AvgIpc) is 3.50. The molecule has 1 aromatic carbocycles. The number of hydrogen-bond acceptors (Lipinski definition) is 6. The first-order valence-corrected chi connectivity index (χ1v) is 9.65. The third kappa shape index (κ3) is 3.47. The molecule has 2 amide bonds. The van der Waals surface area contributed by atoms with Gasteiger partial charge in [0.2, 0.25) is 11.8 Å². The Morgan fingerprint density at radius 3 is 2.83 bits per heavy atom. The van der Waals surface area contributed by atoms with Crippen molar-refractivity contribution in [3.05, 3.63) is 60.2 Å². The lowest BCUT2D eigenvalue weighted by Gasteiger charge is -2.40. The second kappa shape index (κ2) is 7.29. The summed E-state index contributed by atoms with van der Waals surface area (Å²) in [5.41, 5.74) is 2.20. The molecule has 2 aliphatic rings. The summed E-state index contributed by atoms with van der Waals surface area (Å²) in [5.74, 6) is 0.0204. The third-order valence-corrected chi connectivity index (χ3v) is 5.24. The van der Waals surface area contributed by atoms with Gasteiger partial charge in [0.15, 0.2) is 11.7 Å². The fraction of sp³-hybridized carbons (Fsp3) is 0.333. The number of ether oxygens (including phenoxy) is 1. The summed E-state index contributed by atoms with van der Waals surface area (Å²) in [6, 6.07) is 10.8. The Hall–Kier alpha value is -3.26. The highest BCUT2D eigenvalue weighted by Crippen LogP contribution is 2.39. The smallest absolute Gasteiger partial charge is 0.252 e. The predicted octanol–water partition coefficient (Wildman–Crippen LogP) is 1.97. The molecule has 0 radical (unpaired) electrons. The molecule has 1 aliphatic heterocycles. The number of fused-ring (bicyclic) bond motifs is 1. The van der Waals surface area contributed by atoms with E-state index < -0.39 is 12.1 Å². The Morgan fingerprint density at radius 2 is 2.07 bits per heavy atom. The Labute approximate surface area is 166 Å². The number of rotatable bonds is 5. The number of oxazole rings is 1. The summed E-state index contributed by atoms with van der Waals surface area (Å²) in [7, 11) is 0. The van der Waals surface area contributed by atoms with Crippen LogP contribution in [0.5, 0.6) is 0 Å². The predicted molar refractivity (Wildman–Crippen MR) is 102 cm³/mol. The van der Waals surface area contributed by atoms with Crippen molar-refractivity contribution in [1.29, 1.82) is 0 Å². The minimum atomic E-state index is -0.818. The largest absolute Gasteiger partial charge is 0.439 e.